The molecule has 8 atom stereocenters. The Labute approximate surface area is 272 Å². The van der Waals surface area contributed by atoms with Crippen molar-refractivity contribution in [3.63, 3.8) is 0 Å². The van der Waals surface area contributed by atoms with Gasteiger partial charge in [0.25, 0.3) is 0 Å². The molecule has 1 heterocycles. The van der Waals surface area contributed by atoms with Crippen LogP contribution in [0.5, 0.6) is 0 Å². The van der Waals surface area contributed by atoms with Crippen LogP contribution in [0.2, 0.25) is 26.2 Å². The van der Waals surface area contributed by atoms with Crippen molar-refractivity contribution < 1.29 is 27.9 Å². The molecule has 0 aromatic heterocycles. The Morgan fingerprint density at radius 2 is 1.66 bits per heavy atom. The molecule has 0 amide bonds. The molecule has 0 aromatic carbocycles. The van der Waals surface area contributed by atoms with Gasteiger partial charge in [0.1, 0.15) is 18.3 Å². The quantitative estimate of drug-likeness (QED) is 0.167. The van der Waals surface area contributed by atoms with Crippen LogP contribution in [0.1, 0.15) is 101 Å². The van der Waals surface area contributed by atoms with E-state index in [2.05, 4.69) is 107 Å². The van der Waals surface area contributed by atoms with Crippen LogP contribution in [-0.2, 0) is 27.9 Å². The summed E-state index contributed by atoms with van der Waals surface area (Å²) >= 11 is 0. The van der Waals surface area contributed by atoms with Crippen molar-refractivity contribution in [2.45, 2.75) is 151 Å². The van der Waals surface area contributed by atoms with Crippen LogP contribution in [0, 0.1) is 40.4 Å². The van der Waals surface area contributed by atoms with Gasteiger partial charge in [-0.15, -0.1) is 0 Å². The van der Waals surface area contributed by atoms with E-state index < -0.39 is 29.8 Å². The van der Waals surface area contributed by atoms with Crippen LogP contribution >= 0.6 is 0 Å². The number of esters is 2. The number of hydrogen-bond donors (Lipinski definition) is 0. The van der Waals surface area contributed by atoms with Gasteiger partial charge in [0.2, 0.25) is 0 Å². The Morgan fingerprint density at radius 3 is 2.18 bits per heavy atom. The van der Waals surface area contributed by atoms with E-state index in [0.717, 1.165) is 32.1 Å². The number of cyclic esters (lactones) is 1. The van der Waals surface area contributed by atoms with Gasteiger partial charge in [-0.3, -0.25) is 4.79 Å². The Kier molecular flexibility index (Phi) is 12.4. The van der Waals surface area contributed by atoms with Crippen LogP contribution in [0.25, 0.3) is 0 Å². The maximum absolute atomic E-state index is 13.5. The predicted molar refractivity (Wildman–Crippen MR) is 185 cm³/mol. The van der Waals surface area contributed by atoms with E-state index in [1.54, 1.807) is 0 Å². The van der Waals surface area contributed by atoms with E-state index in [1.807, 2.05) is 0 Å². The summed E-state index contributed by atoms with van der Waals surface area (Å²) < 4.78 is 26.1. The summed E-state index contributed by atoms with van der Waals surface area (Å²) in [4.78, 5) is 26.9. The zero-order valence-electron chi connectivity index (χ0n) is 30.2. The minimum atomic E-state index is -1.54. The van der Waals surface area contributed by atoms with Crippen molar-refractivity contribution in [2.75, 3.05) is 0 Å². The second-order valence-electron chi connectivity index (χ2n) is 16.5. The molecule has 44 heavy (non-hydrogen) atoms. The largest absolute Gasteiger partial charge is 0.461 e. The molecule has 0 aromatic rings. The van der Waals surface area contributed by atoms with Gasteiger partial charge in [0.15, 0.2) is 18.1 Å². The molecule has 1 unspecified atom stereocenters. The monoisotopic (exact) mass is 648 g/mol. The second kappa shape index (κ2) is 14.7. The summed E-state index contributed by atoms with van der Waals surface area (Å²) in [5.41, 5.74) is 0.654. The standard InChI is InChI=1S/C36H64O6Si2/c1-14-24(15-2)32(37)40-29-21-26(34(4,5)6)20-25-17-16-23(3)36(30(25)29,42-44(12)13)19-18-27-22-28(35(7,8)9)31(33(38)39-27)41-43(10)11/h16-17,20,23-24,26-31,43-44H,14-15,18-19,21-22H2,1-13H3/t23-,26+,27+,28-,29-,30+,31?,36-/m0/s1. The first-order chi connectivity index (χ1) is 20.3. The summed E-state index contributed by atoms with van der Waals surface area (Å²) in [6, 6.07) is 0. The molecule has 3 rings (SSSR count). The highest BCUT2D eigenvalue weighted by Gasteiger charge is 2.55. The molecule has 8 heteroatoms. The van der Waals surface area contributed by atoms with E-state index in [1.165, 1.54) is 5.57 Å². The Hall–Kier alpha value is -1.23. The number of fused-ring (bicyclic) bond motifs is 1. The lowest BCUT2D eigenvalue weighted by molar-refractivity contribution is -0.179. The second-order valence-corrected chi connectivity index (χ2v) is 21.2. The van der Waals surface area contributed by atoms with Crippen molar-refractivity contribution >= 4 is 30.0 Å². The van der Waals surface area contributed by atoms with Crippen LogP contribution in [0.15, 0.2) is 23.8 Å². The fraction of sp³-hybridized carbons (Fsp3) is 0.833. The van der Waals surface area contributed by atoms with Gasteiger partial charge in [0, 0.05) is 17.8 Å². The number of hydrogen-bond acceptors (Lipinski definition) is 6. The summed E-state index contributed by atoms with van der Waals surface area (Å²) in [5.74, 6) is 0.0551. The minimum absolute atomic E-state index is 0.0421. The minimum Gasteiger partial charge on any atom is -0.461 e. The third-order valence-corrected chi connectivity index (χ3v) is 12.2. The lowest BCUT2D eigenvalue weighted by Gasteiger charge is -2.54. The average molecular weight is 649 g/mol. The van der Waals surface area contributed by atoms with Crippen molar-refractivity contribution in [1.29, 1.82) is 0 Å². The molecule has 3 aliphatic rings. The Morgan fingerprint density at radius 1 is 1.02 bits per heavy atom. The number of rotatable bonds is 11. The summed E-state index contributed by atoms with van der Waals surface area (Å²) in [6.45, 7) is 28.5. The van der Waals surface area contributed by atoms with Gasteiger partial charge in [-0.1, -0.05) is 80.5 Å². The third-order valence-electron chi connectivity index (χ3n) is 10.4. The lowest BCUT2D eigenvalue weighted by atomic mass is 9.59. The van der Waals surface area contributed by atoms with Gasteiger partial charge in [0.05, 0.1) is 11.5 Å². The van der Waals surface area contributed by atoms with Gasteiger partial charge in [-0.2, -0.15) is 0 Å². The average Bonchev–Trinajstić information content (AvgIpc) is 2.89. The van der Waals surface area contributed by atoms with Gasteiger partial charge in [-0.25, -0.2) is 4.79 Å². The molecule has 1 fully saturated rings. The van der Waals surface area contributed by atoms with Crippen LogP contribution in [0.4, 0.5) is 0 Å². The van der Waals surface area contributed by atoms with Gasteiger partial charge >= 0.3 is 11.9 Å². The molecule has 252 valence electrons. The Bertz CT molecular complexity index is 1050. The van der Waals surface area contributed by atoms with Crippen molar-refractivity contribution in [3.8, 4) is 0 Å². The number of allylic oxidation sites excluding steroid dienone is 2. The first-order valence-electron chi connectivity index (χ1n) is 17.5. The maximum atomic E-state index is 13.5. The van der Waals surface area contributed by atoms with E-state index in [-0.39, 0.29) is 64.6 Å². The van der Waals surface area contributed by atoms with Crippen molar-refractivity contribution in [3.05, 3.63) is 23.8 Å². The molecule has 1 saturated heterocycles. The van der Waals surface area contributed by atoms with E-state index >= 15 is 0 Å². The summed E-state index contributed by atoms with van der Waals surface area (Å²) in [6.07, 6.45) is 10.6. The highest BCUT2D eigenvalue weighted by atomic mass is 28.3. The molecule has 2 aliphatic carbocycles. The third kappa shape index (κ3) is 8.57. The van der Waals surface area contributed by atoms with E-state index in [0.29, 0.717) is 6.42 Å². The number of carbonyl (C=O) groups is 2. The summed E-state index contributed by atoms with van der Waals surface area (Å²) in [7, 11) is -2.96. The molecule has 1 aliphatic heterocycles. The lowest BCUT2D eigenvalue weighted by Crippen LogP contribution is -2.58. The van der Waals surface area contributed by atoms with Gasteiger partial charge < -0.3 is 18.3 Å². The summed E-state index contributed by atoms with van der Waals surface area (Å²) in [5, 5.41) is 0. The molecule has 0 saturated carbocycles. The molecular formula is C36H64O6Si2. The SMILES string of the molecule is CCC(CC)C(=O)O[C@H]1C[C@H](C(C)(C)C)C=C2C=C[C@H](C)[C@](CC[C@@H]3C[C@H](C(C)(C)C)C(O[SiH](C)C)C(=O)O3)(O[SiH](C)C)[C@H]21. The topological polar surface area (TPSA) is 71.1 Å². The number of carbonyl (C=O) groups excluding carboxylic acids is 2. The normalized spacial score (nSPS) is 33.0. The Balaban J connectivity index is 2.02. The first-order valence-corrected chi connectivity index (χ1v) is 23.0. The zero-order valence-corrected chi connectivity index (χ0v) is 32.5. The molecule has 0 bridgehead atoms. The molecule has 0 spiro atoms. The molecular weight excluding hydrogens is 585 g/mol. The molecule has 0 N–H and O–H groups in total. The van der Waals surface area contributed by atoms with E-state index in [9.17, 15) is 9.59 Å². The van der Waals surface area contributed by atoms with Crippen LogP contribution in [-0.4, -0.2) is 53.9 Å². The van der Waals surface area contributed by atoms with Crippen molar-refractivity contribution in [2.24, 2.45) is 40.4 Å². The number of ether oxygens (including phenoxy) is 2. The molecule has 0 radical (unpaired) electrons. The van der Waals surface area contributed by atoms with Gasteiger partial charge in [-0.05, 0) is 87.0 Å². The van der Waals surface area contributed by atoms with Crippen LogP contribution < -0.4 is 0 Å². The maximum Gasteiger partial charge on any atom is 0.334 e. The van der Waals surface area contributed by atoms with Crippen LogP contribution in [0.3, 0.4) is 0 Å². The smallest absolute Gasteiger partial charge is 0.334 e. The molecule has 6 nitrogen and oxygen atoms in total. The highest BCUT2D eigenvalue weighted by molar-refractivity contribution is 6.48. The fourth-order valence-corrected chi connectivity index (χ4v) is 10.0. The van der Waals surface area contributed by atoms with Crippen molar-refractivity contribution in [1.82, 2.24) is 0 Å². The predicted octanol–water partition coefficient (Wildman–Crippen LogP) is 8.01. The van der Waals surface area contributed by atoms with E-state index in [4.69, 9.17) is 18.3 Å². The zero-order chi connectivity index (χ0) is 33.2. The first kappa shape index (κ1) is 37.2. The highest BCUT2D eigenvalue weighted by Crippen LogP contribution is 2.53. The fourth-order valence-electron chi connectivity index (χ4n) is 7.78.